The fraction of sp³-hybridized carbons (Fsp3) is 0.174. The molecule has 4 nitrogen and oxygen atoms in total. The average Bonchev–Trinajstić information content (AvgIpc) is 2.71. The topological polar surface area (TPSA) is 47.6 Å². The average molecular weight is 396 g/mol. The molecule has 0 saturated heterocycles. The van der Waals surface area contributed by atoms with Crippen molar-refractivity contribution in [2.24, 2.45) is 0 Å². The summed E-state index contributed by atoms with van der Waals surface area (Å²) in [6.07, 6.45) is -0.823. The zero-order chi connectivity index (χ0) is 19.9. The van der Waals surface area contributed by atoms with Gasteiger partial charge >= 0.3 is 0 Å². The molecule has 5 heteroatoms. The van der Waals surface area contributed by atoms with Gasteiger partial charge in [-0.3, -0.25) is 4.79 Å². The van der Waals surface area contributed by atoms with Crippen molar-refractivity contribution >= 4 is 23.2 Å². The standard InChI is InChI=1S/C23H22ClNO3/c1-3-27-21-12-8-7-11-20(21)25-23(26)22(17-9-5-4-6-10-17)28-18-13-14-19(24)16(2)15-18/h4-15,22H,3H2,1-2H3,(H,25,26)/t22-/m0/s1. The summed E-state index contributed by atoms with van der Waals surface area (Å²) < 4.78 is 11.7. The molecule has 0 aliphatic heterocycles. The number of amides is 1. The van der Waals surface area contributed by atoms with Crippen molar-refractivity contribution in [2.75, 3.05) is 11.9 Å². The van der Waals surface area contributed by atoms with E-state index in [0.29, 0.717) is 28.8 Å². The van der Waals surface area contributed by atoms with E-state index in [9.17, 15) is 4.79 Å². The lowest BCUT2D eigenvalue weighted by Gasteiger charge is -2.20. The fourth-order valence-corrected chi connectivity index (χ4v) is 2.89. The maximum Gasteiger partial charge on any atom is 0.270 e. The van der Waals surface area contributed by atoms with Crippen LogP contribution in [0.4, 0.5) is 5.69 Å². The van der Waals surface area contributed by atoms with Crippen LogP contribution >= 0.6 is 11.6 Å². The van der Waals surface area contributed by atoms with Gasteiger partial charge in [-0.05, 0) is 49.7 Å². The number of anilines is 1. The number of para-hydroxylation sites is 2. The highest BCUT2D eigenvalue weighted by molar-refractivity contribution is 6.31. The van der Waals surface area contributed by atoms with Crippen molar-refractivity contribution in [3.05, 3.63) is 88.9 Å². The van der Waals surface area contributed by atoms with Gasteiger partial charge < -0.3 is 14.8 Å². The van der Waals surface area contributed by atoms with Crippen molar-refractivity contribution in [3.63, 3.8) is 0 Å². The first kappa shape index (κ1) is 19.8. The van der Waals surface area contributed by atoms with Crippen LogP contribution in [-0.4, -0.2) is 12.5 Å². The van der Waals surface area contributed by atoms with Gasteiger partial charge in [0, 0.05) is 10.6 Å². The molecule has 0 spiro atoms. The van der Waals surface area contributed by atoms with E-state index in [1.54, 1.807) is 18.2 Å². The van der Waals surface area contributed by atoms with Crippen LogP contribution in [0.15, 0.2) is 72.8 Å². The molecule has 0 heterocycles. The maximum absolute atomic E-state index is 13.1. The fourth-order valence-electron chi connectivity index (χ4n) is 2.78. The van der Waals surface area contributed by atoms with Crippen LogP contribution in [0, 0.1) is 6.92 Å². The Bertz CT molecular complexity index is 944. The second-order valence-corrected chi connectivity index (χ2v) is 6.65. The Balaban J connectivity index is 1.88. The van der Waals surface area contributed by atoms with E-state index in [0.717, 1.165) is 11.1 Å². The van der Waals surface area contributed by atoms with Gasteiger partial charge in [0.2, 0.25) is 6.10 Å². The first-order valence-corrected chi connectivity index (χ1v) is 9.46. The molecule has 1 N–H and O–H groups in total. The normalized spacial score (nSPS) is 11.5. The third-order valence-corrected chi connectivity index (χ3v) is 4.59. The zero-order valence-electron chi connectivity index (χ0n) is 15.8. The first-order valence-electron chi connectivity index (χ1n) is 9.09. The molecule has 0 saturated carbocycles. The number of nitrogens with one attached hydrogen (secondary N) is 1. The van der Waals surface area contributed by atoms with Crippen LogP contribution in [0.3, 0.4) is 0 Å². The molecule has 0 fully saturated rings. The number of aryl methyl sites for hydroxylation is 1. The van der Waals surface area contributed by atoms with E-state index in [-0.39, 0.29) is 5.91 Å². The first-order chi connectivity index (χ1) is 13.6. The number of carbonyl (C=O) groups is 1. The summed E-state index contributed by atoms with van der Waals surface area (Å²) in [5.41, 5.74) is 2.24. The van der Waals surface area contributed by atoms with Crippen molar-refractivity contribution in [1.82, 2.24) is 0 Å². The van der Waals surface area contributed by atoms with Gasteiger partial charge in [0.15, 0.2) is 0 Å². The number of hydrogen-bond donors (Lipinski definition) is 1. The largest absolute Gasteiger partial charge is 0.492 e. The molecule has 3 rings (SSSR count). The van der Waals surface area contributed by atoms with Gasteiger partial charge in [0.1, 0.15) is 11.5 Å². The molecule has 28 heavy (non-hydrogen) atoms. The quantitative estimate of drug-likeness (QED) is 0.549. The van der Waals surface area contributed by atoms with Crippen LogP contribution in [0.2, 0.25) is 5.02 Å². The highest BCUT2D eigenvalue weighted by Crippen LogP contribution is 2.29. The smallest absolute Gasteiger partial charge is 0.270 e. The van der Waals surface area contributed by atoms with Gasteiger partial charge in [-0.1, -0.05) is 54.1 Å². The Kier molecular flexibility index (Phi) is 6.56. The predicted octanol–water partition coefficient (Wildman–Crippen LogP) is 5.81. The molecule has 3 aromatic carbocycles. The van der Waals surface area contributed by atoms with E-state index >= 15 is 0 Å². The molecular formula is C23H22ClNO3. The number of hydrogen-bond acceptors (Lipinski definition) is 3. The molecule has 0 aliphatic carbocycles. The van der Waals surface area contributed by atoms with E-state index in [4.69, 9.17) is 21.1 Å². The summed E-state index contributed by atoms with van der Waals surface area (Å²) in [4.78, 5) is 13.1. The van der Waals surface area contributed by atoms with Crippen molar-refractivity contribution in [2.45, 2.75) is 20.0 Å². The highest BCUT2D eigenvalue weighted by Gasteiger charge is 2.24. The Labute approximate surface area is 170 Å². The van der Waals surface area contributed by atoms with Gasteiger partial charge in [0.25, 0.3) is 5.91 Å². The van der Waals surface area contributed by atoms with E-state index in [1.807, 2.05) is 68.4 Å². The maximum atomic E-state index is 13.1. The SMILES string of the molecule is CCOc1ccccc1NC(=O)[C@@H](Oc1ccc(Cl)c(C)c1)c1ccccc1. The second-order valence-electron chi connectivity index (χ2n) is 6.24. The third kappa shape index (κ3) is 4.84. The summed E-state index contributed by atoms with van der Waals surface area (Å²) >= 11 is 6.10. The number of carbonyl (C=O) groups excluding carboxylic acids is 1. The molecular weight excluding hydrogens is 374 g/mol. The molecule has 0 radical (unpaired) electrons. The van der Waals surface area contributed by atoms with Gasteiger partial charge in [-0.15, -0.1) is 0 Å². The molecule has 0 bridgehead atoms. The lowest BCUT2D eigenvalue weighted by atomic mass is 10.1. The van der Waals surface area contributed by atoms with Crippen LogP contribution in [0.5, 0.6) is 11.5 Å². The second kappa shape index (κ2) is 9.29. The molecule has 1 amide bonds. The molecule has 3 aromatic rings. The number of rotatable bonds is 7. The summed E-state index contributed by atoms with van der Waals surface area (Å²) in [5, 5.41) is 3.58. The van der Waals surface area contributed by atoms with Crippen LogP contribution in [0.25, 0.3) is 0 Å². The third-order valence-electron chi connectivity index (χ3n) is 4.17. The minimum atomic E-state index is -0.823. The molecule has 1 atom stereocenters. The molecule has 0 unspecified atom stereocenters. The molecule has 0 aliphatic rings. The van der Waals surface area contributed by atoms with Crippen LogP contribution < -0.4 is 14.8 Å². The van der Waals surface area contributed by atoms with E-state index in [1.165, 1.54) is 0 Å². The summed E-state index contributed by atoms with van der Waals surface area (Å²) in [6, 6.07) is 22.0. The molecule has 0 aromatic heterocycles. The Morgan fingerprint density at radius 1 is 1.04 bits per heavy atom. The summed E-state index contributed by atoms with van der Waals surface area (Å²) in [6.45, 7) is 4.30. The monoisotopic (exact) mass is 395 g/mol. The number of halogens is 1. The minimum absolute atomic E-state index is 0.286. The van der Waals surface area contributed by atoms with Crippen molar-refractivity contribution in [3.8, 4) is 11.5 Å². The summed E-state index contributed by atoms with van der Waals surface area (Å²) in [7, 11) is 0. The Hall–Kier alpha value is -2.98. The van der Waals surface area contributed by atoms with Crippen LogP contribution in [0.1, 0.15) is 24.2 Å². The van der Waals surface area contributed by atoms with Crippen molar-refractivity contribution < 1.29 is 14.3 Å². The lowest BCUT2D eigenvalue weighted by Crippen LogP contribution is -2.26. The number of ether oxygens (including phenoxy) is 2. The molecule has 144 valence electrons. The van der Waals surface area contributed by atoms with E-state index in [2.05, 4.69) is 5.32 Å². The zero-order valence-corrected chi connectivity index (χ0v) is 16.6. The lowest BCUT2D eigenvalue weighted by molar-refractivity contribution is -0.123. The van der Waals surface area contributed by atoms with Gasteiger partial charge in [0.05, 0.1) is 12.3 Å². The summed E-state index contributed by atoms with van der Waals surface area (Å²) in [5.74, 6) is 0.905. The predicted molar refractivity (Wildman–Crippen MR) is 112 cm³/mol. The Morgan fingerprint density at radius 3 is 2.46 bits per heavy atom. The van der Waals surface area contributed by atoms with Gasteiger partial charge in [-0.2, -0.15) is 0 Å². The van der Waals surface area contributed by atoms with Gasteiger partial charge in [-0.25, -0.2) is 0 Å². The van der Waals surface area contributed by atoms with Crippen LogP contribution in [-0.2, 0) is 4.79 Å². The van der Waals surface area contributed by atoms with Crippen molar-refractivity contribution in [1.29, 1.82) is 0 Å². The number of benzene rings is 3. The minimum Gasteiger partial charge on any atom is -0.492 e. The highest BCUT2D eigenvalue weighted by atomic mass is 35.5. The van der Waals surface area contributed by atoms with E-state index < -0.39 is 6.10 Å². The Morgan fingerprint density at radius 2 is 1.75 bits per heavy atom.